The van der Waals surface area contributed by atoms with Gasteiger partial charge in [0.1, 0.15) is 5.15 Å². The third-order valence-electron chi connectivity index (χ3n) is 2.70. The molecule has 3 nitrogen and oxygen atoms in total. The van der Waals surface area contributed by atoms with Crippen LogP contribution in [0.5, 0.6) is 0 Å². The van der Waals surface area contributed by atoms with Crippen LogP contribution in [0.4, 0.5) is 13.2 Å². The molecule has 1 aliphatic heterocycles. The second-order valence-electron chi connectivity index (χ2n) is 3.97. The van der Waals surface area contributed by atoms with E-state index in [0.717, 1.165) is 17.8 Å². The number of aromatic nitrogens is 2. The largest absolute Gasteiger partial charge is 0.435 e. The van der Waals surface area contributed by atoms with Crippen molar-refractivity contribution in [3.05, 3.63) is 16.4 Å². The Bertz CT molecular complexity index is 395. The molecule has 1 saturated heterocycles. The summed E-state index contributed by atoms with van der Waals surface area (Å²) < 4.78 is 39.1. The zero-order chi connectivity index (χ0) is 11.9. The van der Waals surface area contributed by atoms with E-state index < -0.39 is 11.9 Å². The van der Waals surface area contributed by atoms with Crippen LogP contribution >= 0.6 is 11.6 Å². The van der Waals surface area contributed by atoms with Crippen molar-refractivity contribution in [3.8, 4) is 0 Å². The zero-order valence-electron chi connectivity index (χ0n) is 8.60. The van der Waals surface area contributed by atoms with Gasteiger partial charge < -0.3 is 5.32 Å². The number of halogens is 4. The van der Waals surface area contributed by atoms with Crippen LogP contribution in [0.25, 0.3) is 0 Å². The minimum atomic E-state index is -4.43. The number of hydrogen-bond donors (Lipinski definition) is 1. The lowest BCUT2D eigenvalue weighted by atomic mass is 9.94. The molecule has 1 aliphatic rings. The first-order chi connectivity index (χ1) is 7.39. The number of aryl methyl sites for hydroxylation is 1. The van der Waals surface area contributed by atoms with E-state index in [0.29, 0.717) is 6.42 Å². The summed E-state index contributed by atoms with van der Waals surface area (Å²) in [5, 5.41) is 6.53. The SMILES string of the molecule is Cn1nc(C(F)(F)F)c(CC2CNC2)c1Cl. The van der Waals surface area contributed by atoms with E-state index >= 15 is 0 Å². The molecular weight excluding hydrogens is 243 g/mol. The fourth-order valence-corrected chi connectivity index (χ4v) is 1.94. The number of hydrogen-bond acceptors (Lipinski definition) is 2. The van der Waals surface area contributed by atoms with Gasteiger partial charge in [-0.3, -0.25) is 4.68 Å². The topological polar surface area (TPSA) is 29.9 Å². The van der Waals surface area contributed by atoms with Crippen LogP contribution in [-0.2, 0) is 19.6 Å². The van der Waals surface area contributed by atoms with Crippen molar-refractivity contribution in [2.75, 3.05) is 13.1 Å². The molecule has 1 aromatic rings. The van der Waals surface area contributed by atoms with Crippen molar-refractivity contribution >= 4 is 11.6 Å². The van der Waals surface area contributed by atoms with Gasteiger partial charge in [-0.05, 0) is 25.4 Å². The van der Waals surface area contributed by atoms with Gasteiger partial charge in [-0.2, -0.15) is 18.3 Å². The predicted molar refractivity (Wildman–Crippen MR) is 53.3 cm³/mol. The predicted octanol–water partition coefficient (Wildman–Crippen LogP) is 1.85. The van der Waals surface area contributed by atoms with Gasteiger partial charge in [-0.25, -0.2) is 0 Å². The average Bonchev–Trinajstić information content (AvgIpc) is 2.37. The van der Waals surface area contributed by atoms with Crippen molar-refractivity contribution in [2.24, 2.45) is 13.0 Å². The van der Waals surface area contributed by atoms with Gasteiger partial charge in [0.15, 0.2) is 5.69 Å². The number of rotatable bonds is 2. The molecule has 0 amide bonds. The molecule has 0 unspecified atom stereocenters. The van der Waals surface area contributed by atoms with Crippen molar-refractivity contribution in [2.45, 2.75) is 12.6 Å². The smallest absolute Gasteiger partial charge is 0.316 e. The van der Waals surface area contributed by atoms with Crippen LogP contribution in [0.3, 0.4) is 0 Å². The second kappa shape index (κ2) is 3.92. The van der Waals surface area contributed by atoms with Crippen molar-refractivity contribution in [1.29, 1.82) is 0 Å². The minimum Gasteiger partial charge on any atom is -0.316 e. The van der Waals surface area contributed by atoms with E-state index in [1.54, 1.807) is 0 Å². The first-order valence-corrected chi connectivity index (χ1v) is 5.26. The number of alkyl halides is 3. The minimum absolute atomic E-state index is 0.0826. The summed E-state index contributed by atoms with van der Waals surface area (Å²) in [7, 11) is 1.42. The fourth-order valence-electron chi connectivity index (χ4n) is 1.74. The molecular formula is C9H11ClF3N3. The average molecular weight is 254 g/mol. The van der Waals surface area contributed by atoms with Gasteiger partial charge in [-0.15, -0.1) is 0 Å². The molecule has 0 aliphatic carbocycles. The van der Waals surface area contributed by atoms with Crippen LogP contribution in [0.1, 0.15) is 11.3 Å². The van der Waals surface area contributed by atoms with Gasteiger partial charge in [0.05, 0.1) is 0 Å². The second-order valence-corrected chi connectivity index (χ2v) is 4.33. The van der Waals surface area contributed by atoms with E-state index in [1.165, 1.54) is 7.05 Å². The summed E-state index contributed by atoms with van der Waals surface area (Å²) in [6, 6.07) is 0. The summed E-state index contributed by atoms with van der Waals surface area (Å²) >= 11 is 5.83. The van der Waals surface area contributed by atoms with Gasteiger partial charge in [0.2, 0.25) is 0 Å². The summed E-state index contributed by atoms with van der Waals surface area (Å²) in [4.78, 5) is 0. The molecule has 2 heterocycles. The Hall–Kier alpha value is -0.750. The van der Waals surface area contributed by atoms with Crippen molar-refractivity contribution in [1.82, 2.24) is 15.1 Å². The molecule has 0 aromatic carbocycles. The molecule has 0 bridgehead atoms. The van der Waals surface area contributed by atoms with Crippen LogP contribution in [0, 0.1) is 5.92 Å². The molecule has 0 spiro atoms. The summed E-state index contributed by atoms with van der Waals surface area (Å²) in [5.41, 5.74) is -0.741. The highest BCUT2D eigenvalue weighted by Crippen LogP contribution is 2.35. The molecule has 90 valence electrons. The van der Waals surface area contributed by atoms with Gasteiger partial charge in [0.25, 0.3) is 0 Å². The molecule has 0 atom stereocenters. The lowest BCUT2D eigenvalue weighted by Gasteiger charge is -2.27. The van der Waals surface area contributed by atoms with Gasteiger partial charge in [-0.1, -0.05) is 11.6 Å². The Kier molecular flexibility index (Phi) is 2.88. The molecule has 0 saturated carbocycles. The zero-order valence-corrected chi connectivity index (χ0v) is 9.36. The Morgan fingerprint density at radius 1 is 1.50 bits per heavy atom. The fraction of sp³-hybridized carbons (Fsp3) is 0.667. The van der Waals surface area contributed by atoms with Crippen LogP contribution in [0.2, 0.25) is 5.15 Å². The maximum atomic E-state index is 12.7. The summed E-state index contributed by atoms with van der Waals surface area (Å²) in [6.45, 7) is 1.48. The van der Waals surface area contributed by atoms with Crippen LogP contribution in [-0.4, -0.2) is 22.9 Å². The third-order valence-corrected chi connectivity index (χ3v) is 3.17. The van der Waals surface area contributed by atoms with E-state index in [-0.39, 0.29) is 16.6 Å². The summed E-state index contributed by atoms with van der Waals surface area (Å²) in [5.74, 6) is 0.225. The van der Waals surface area contributed by atoms with Crippen molar-refractivity contribution < 1.29 is 13.2 Å². The standard InChI is InChI=1S/C9H11ClF3N3/c1-16-8(10)6(2-5-3-14-4-5)7(15-16)9(11,12)13/h5,14H,2-4H2,1H3. The maximum absolute atomic E-state index is 12.7. The monoisotopic (exact) mass is 253 g/mol. The Morgan fingerprint density at radius 2 is 2.12 bits per heavy atom. The molecule has 16 heavy (non-hydrogen) atoms. The third kappa shape index (κ3) is 2.04. The van der Waals surface area contributed by atoms with Gasteiger partial charge >= 0.3 is 6.18 Å². The molecule has 1 aromatic heterocycles. The normalized spacial score (nSPS) is 17.6. The van der Waals surface area contributed by atoms with Crippen LogP contribution < -0.4 is 5.32 Å². The van der Waals surface area contributed by atoms with E-state index in [4.69, 9.17) is 11.6 Å². The lowest BCUT2D eigenvalue weighted by molar-refractivity contribution is -0.142. The quantitative estimate of drug-likeness (QED) is 0.872. The highest BCUT2D eigenvalue weighted by Gasteiger charge is 2.39. The highest BCUT2D eigenvalue weighted by atomic mass is 35.5. The number of nitrogens with zero attached hydrogens (tertiary/aromatic N) is 2. The molecule has 1 N–H and O–H groups in total. The Balaban J connectivity index is 2.32. The van der Waals surface area contributed by atoms with Crippen LogP contribution in [0.15, 0.2) is 0 Å². The van der Waals surface area contributed by atoms with E-state index in [2.05, 4.69) is 10.4 Å². The maximum Gasteiger partial charge on any atom is 0.435 e. The number of nitrogens with one attached hydrogen (secondary N) is 1. The summed E-state index contributed by atoms with van der Waals surface area (Å²) in [6.07, 6.45) is -4.11. The Labute approximate surface area is 95.6 Å². The van der Waals surface area contributed by atoms with E-state index in [1.807, 2.05) is 0 Å². The first-order valence-electron chi connectivity index (χ1n) is 4.89. The molecule has 7 heteroatoms. The first kappa shape index (κ1) is 11.7. The van der Waals surface area contributed by atoms with Gasteiger partial charge in [0, 0.05) is 12.6 Å². The Morgan fingerprint density at radius 3 is 2.56 bits per heavy atom. The lowest BCUT2D eigenvalue weighted by Crippen LogP contribution is -2.43. The van der Waals surface area contributed by atoms with E-state index in [9.17, 15) is 13.2 Å². The van der Waals surface area contributed by atoms with Crippen molar-refractivity contribution in [3.63, 3.8) is 0 Å². The highest BCUT2D eigenvalue weighted by molar-refractivity contribution is 6.30. The molecule has 1 fully saturated rings. The molecule has 2 rings (SSSR count). The molecule has 0 radical (unpaired) electrons.